The van der Waals surface area contributed by atoms with Crippen LogP contribution in [0.15, 0.2) is 34.7 Å². The Kier molecular flexibility index (Phi) is 5.20. The van der Waals surface area contributed by atoms with E-state index in [0.717, 1.165) is 23.6 Å². The molecule has 152 valence electrons. The molecule has 0 unspecified atom stereocenters. The molecule has 5 rings (SSSR count). The lowest BCUT2D eigenvalue weighted by atomic mass is 10.0. The molecule has 0 bridgehead atoms. The average Bonchev–Trinajstić information content (AvgIpc) is 3.41. The van der Waals surface area contributed by atoms with Gasteiger partial charge in [0.2, 0.25) is 10.3 Å². The number of rotatable bonds is 4. The van der Waals surface area contributed by atoms with Crippen molar-refractivity contribution in [1.82, 2.24) is 15.1 Å². The zero-order valence-electron chi connectivity index (χ0n) is 16.3. The molecule has 4 heterocycles. The molecule has 1 amide bonds. The predicted molar refractivity (Wildman–Crippen MR) is 115 cm³/mol. The maximum absolute atomic E-state index is 12.5. The SMILES string of the molecule is O=C(Nc1nnc(N2CCC(N3CCCCC3)CC2)s1)c1cc2ccccc2o1. The van der Waals surface area contributed by atoms with Crippen LogP contribution in [0.2, 0.25) is 0 Å². The van der Waals surface area contributed by atoms with Crippen molar-refractivity contribution in [2.75, 3.05) is 36.4 Å². The number of nitrogens with zero attached hydrogens (tertiary/aromatic N) is 4. The first-order chi connectivity index (χ1) is 14.3. The topological polar surface area (TPSA) is 74.5 Å². The minimum Gasteiger partial charge on any atom is -0.451 e. The number of carbonyl (C=O) groups is 1. The van der Waals surface area contributed by atoms with Gasteiger partial charge in [-0.15, -0.1) is 10.2 Å². The fourth-order valence-electron chi connectivity index (χ4n) is 4.35. The van der Waals surface area contributed by atoms with E-state index in [2.05, 4.69) is 25.3 Å². The van der Waals surface area contributed by atoms with E-state index in [9.17, 15) is 4.79 Å². The van der Waals surface area contributed by atoms with Crippen molar-refractivity contribution in [3.8, 4) is 0 Å². The van der Waals surface area contributed by atoms with Crippen molar-refractivity contribution in [3.63, 3.8) is 0 Å². The van der Waals surface area contributed by atoms with Gasteiger partial charge in [-0.05, 0) is 50.9 Å². The summed E-state index contributed by atoms with van der Waals surface area (Å²) in [6, 6.07) is 10.0. The highest BCUT2D eigenvalue weighted by molar-refractivity contribution is 7.19. The second-order valence-electron chi connectivity index (χ2n) is 7.81. The first kappa shape index (κ1) is 18.6. The van der Waals surface area contributed by atoms with Crippen LogP contribution in [-0.2, 0) is 0 Å². The first-order valence-electron chi connectivity index (χ1n) is 10.4. The van der Waals surface area contributed by atoms with E-state index in [4.69, 9.17) is 4.42 Å². The number of hydrogen-bond donors (Lipinski definition) is 1. The summed E-state index contributed by atoms with van der Waals surface area (Å²) in [5, 5.41) is 13.6. The average molecular weight is 412 g/mol. The van der Waals surface area contributed by atoms with Crippen molar-refractivity contribution >= 4 is 38.5 Å². The normalized spacial score (nSPS) is 19.0. The van der Waals surface area contributed by atoms with E-state index in [1.54, 1.807) is 6.07 Å². The maximum atomic E-state index is 12.5. The molecule has 8 heteroatoms. The fourth-order valence-corrected chi connectivity index (χ4v) is 5.14. The number of piperidine rings is 2. The number of benzene rings is 1. The number of furan rings is 1. The Balaban J connectivity index is 1.19. The predicted octanol–water partition coefficient (Wildman–Crippen LogP) is 3.99. The number of likely N-dealkylation sites (tertiary alicyclic amines) is 1. The summed E-state index contributed by atoms with van der Waals surface area (Å²) in [5.74, 6) is -0.0157. The van der Waals surface area contributed by atoms with Crippen molar-refractivity contribution < 1.29 is 9.21 Å². The van der Waals surface area contributed by atoms with Gasteiger partial charge < -0.3 is 14.2 Å². The largest absolute Gasteiger partial charge is 0.451 e. The van der Waals surface area contributed by atoms with Crippen molar-refractivity contribution in [1.29, 1.82) is 0 Å². The molecule has 29 heavy (non-hydrogen) atoms. The van der Waals surface area contributed by atoms with E-state index < -0.39 is 0 Å². The standard InChI is InChI=1S/C21H25N5O2S/c27-19(18-14-15-6-2-3-7-17(15)28-18)22-20-23-24-21(29-20)26-12-8-16(9-13-26)25-10-4-1-5-11-25/h2-3,6-7,14,16H,1,4-5,8-13H2,(H,22,23,27). The van der Waals surface area contributed by atoms with Crippen molar-refractivity contribution in [2.45, 2.75) is 38.1 Å². The van der Waals surface area contributed by atoms with Gasteiger partial charge in [0.15, 0.2) is 5.76 Å². The maximum Gasteiger partial charge on any atom is 0.293 e. The highest BCUT2D eigenvalue weighted by atomic mass is 32.1. The molecule has 0 saturated carbocycles. The van der Waals surface area contributed by atoms with Crippen LogP contribution in [0.3, 0.4) is 0 Å². The Morgan fingerprint density at radius 3 is 2.66 bits per heavy atom. The minimum atomic E-state index is -0.298. The Bertz CT molecular complexity index is 953. The van der Waals surface area contributed by atoms with Gasteiger partial charge in [-0.3, -0.25) is 10.1 Å². The van der Waals surface area contributed by atoms with Gasteiger partial charge in [0.1, 0.15) is 5.58 Å². The van der Waals surface area contributed by atoms with Crippen LogP contribution < -0.4 is 10.2 Å². The summed E-state index contributed by atoms with van der Waals surface area (Å²) in [5.41, 5.74) is 0.701. The molecular weight excluding hydrogens is 386 g/mol. The molecule has 2 saturated heterocycles. The number of nitrogens with one attached hydrogen (secondary N) is 1. The summed E-state index contributed by atoms with van der Waals surface area (Å²) >= 11 is 1.42. The van der Waals surface area contributed by atoms with Gasteiger partial charge in [-0.2, -0.15) is 0 Å². The van der Waals surface area contributed by atoms with Crippen LogP contribution in [-0.4, -0.2) is 53.2 Å². The number of aromatic nitrogens is 2. The van der Waals surface area contributed by atoms with Crippen molar-refractivity contribution in [3.05, 3.63) is 36.1 Å². The minimum absolute atomic E-state index is 0.283. The summed E-state index contributed by atoms with van der Waals surface area (Å²) in [6.45, 7) is 4.49. The summed E-state index contributed by atoms with van der Waals surface area (Å²) in [6.07, 6.45) is 6.39. The van der Waals surface area contributed by atoms with E-state index in [1.807, 2.05) is 24.3 Å². The monoisotopic (exact) mass is 411 g/mol. The van der Waals surface area contributed by atoms with Gasteiger partial charge in [0.05, 0.1) is 0 Å². The molecule has 0 aliphatic carbocycles. The van der Waals surface area contributed by atoms with Crippen LogP contribution in [0.25, 0.3) is 11.0 Å². The van der Waals surface area contributed by atoms with Crippen LogP contribution in [0.4, 0.5) is 10.3 Å². The molecule has 0 atom stereocenters. The van der Waals surface area contributed by atoms with Crippen LogP contribution in [0.5, 0.6) is 0 Å². The third-order valence-electron chi connectivity index (χ3n) is 5.93. The molecule has 0 radical (unpaired) electrons. The number of carbonyl (C=O) groups excluding carboxylic acids is 1. The van der Waals surface area contributed by atoms with E-state index in [0.29, 0.717) is 16.8 Å². The second kappa shape index (κ2) is 8.12. The molecule has 2 fully saturated rings. The van der Waals surface area contributed by atoms with Crippen LogP contribution >= 0.6 is 11.3 Å². The third-order valence-corrected chi connectivity index (χ3v) is 6.83. The highest BCUT2D eigenvalue weighted by Gasteiger charge is 2.27. The summed E-state index contributed by atoms with van der Waals surface area (Å²) < 4.78 is 5.62. The zero-order valence-corrected chi connectivity index (χ0v) is 17.2. The molecule has 2 aliphatic heterocycles. The van der Waals surface area contributed by atoms with Gasteiger partial charge in [0, 0.05) is 24.5 Å². The van der Waals surface area contributed by atoms with Crippen molar-refractivity contribution in [2.24, 2.45) is 0 Å². The third kappa shape index (κ3) is 4.00. The lowest BCUT2D eigenvalue weighted by molar-refractivity contribution is 0.0998. The van der Waals surface area contributed by atoms with Crippen LogP contribution in [0.1, 0.15) is 42.7 Å². The number of hydrogen-bond acceptors (Lipinski definition) is 7. The van der Waals surface area contributed by atoms with Gasteiger partial charge in [-0.1, -0.05) is 36.0 Å². The first-order valence-corrected chi connectivity index (χ1v) is 11.2. The molecule has 2 aliphatic rings. The Hall–Kier alpha value is -2.45. The number of fused-ring (bicyclic) bond motifs is 1. The number of anilines is 2. The molecule has 1 aromatic carbocycles. The molecular formula is C21H25N5O2S. The number of para-hydroxylation sites is 1. The highest BCUT2D eigenvalue weighted by Crippen LogP contribution is 2.29. The summed E-state index contributed by atoms with van der Waals surface area (Å²) in [4.78, 5) is 17.5. The number of amides is 1. The quantitative estimate of drug-likeness (QED) is 0.700. The molecule has 3 aromatic rings. The Labute approximate surface area is 173 Å². The van der Waals surface area contributed by atoms with Gasteiger partial charge in [-0.25, -0.2) is 0 Å². The fraction of sp³-hybridized carbons (Fsp3) is 0.476. The van der Waals surface area contributed by atoms with E-state index in [1.165, 1.54) is 56.5 Å². The molecule has 7 nitrogen and oxygen atoms in total. The van der Waals surface area contributed by atoms with Gasteiger partial charge in [0.25, 0.3) is 5.91 Å². The van der Waals surface area contributed by atoms with Gasteiger partial charge >= 0.3 is 0 Å². The molecule has 2 aromatic heterocycles. The molecule has 1 N–H and O–H groups in total. The zero-order chi connectivity index (χ0) is 19.6. The Morgan fingerprint density at radius 2 is 1.86 bits per heavy atom. The van der Waals surface area contributed by atoms with E-state index >= 15 is 0 Å². The lowest BCUT2D eigenvalue weighted by Gasteiger charge is -2.40. The smallest absolute Gasteiger partial charge is 0.293 e. The second-order valence-corrected chi connectivity index (χ2v) is 8.76. The lowest BCUT2D eigenvalue weighted by Crippen LogP contribution is -2.46. The Morgan fingerprint density at radius 1 is 1.07 bits per heavy atom. The summed E-state index contributed by atoms with van der Waals surface area (Å²) in [7, 11) is 0. The van der Waals surface area contributed by atoms with E-state index in [-0.39, 0.29) is 11.7 Å². The molecule has 0 spiro atoms. The van der Waals surface area contributed by atoms with Crippen LogP contribution in [0, 0.1) is 0 Å².